The number of halogens is 2. The highest BCUT2D eigenvalue weighted by Crippen LogP contribution is 2.28. The van der Waals surface area contributed by atoms with Crippen LogP contribution < -0.4 is 15.7 Å². The molecule has 1 aliphatic rings. The van der Waals surface area contributed by atoms with Gasteiger partial charge in [0.15, 0.2) is 0 Å². The molecule has 0 aliphatic carbocycles. The van der Waals surface area contributed by atoms with Crippen LogP contribution in [0, 0.1) is 0 Å². The lowest BCUT2D eigenvalue weighted by atomic mass is 10.1. The fourth-order valence-electron chi connectivity index (χ4n) is 5.57. The second-order valence-corrected chi connectivity index (χ2v) is 12.1. The van der Waals surface area contributed by atoms with Gasteiger partial charge in [-0.1, -0.05) is 23.7 Å². The third-order valence-electron chi connectivity index (χ3n) is 8.03. The molecule has 5 aromatic rings. The fraction of sp³-hybridized carbons (Fsp3) is 0.212. The van der Waals surface area contributed by atoms with E-state index in [0.717, 1.165) is 11.3 Å². The van der Waals surface area contributed by atoms with Crippen molar-refractivity contribution in [2.75, 3.05) is 7.11 Å². The first kappa shape index (κ1) is 30.4. The van der Waals surface area contributed by atoms with Gasteiger partial charge in [0.1, 0.15) is 11.4 Å². The largest absolute Gasteiger partial charge is 0.497 e. The van der Waals surface area contributed by atoms with Crippen molar-refractivity contribution in [3.8, 4) is 17.1 Å². The minimum absolute atomic E-state index is 0.0565. The molecule has 10 nitrogen and oxygen atoms in total. The summed E-state index contributed by atoms with van der Waals surface area (Å²) in [4.78, 5) is 43.6. The normalized spacial score (nSPS) is 15.0. The Labute approximate surface area is 272 Å². The number of imidazole rings is 1. The Kier molecular flexibility index (Phi) is 8.39. The van der Waals surface area contributed by atoms with Crippen molar-refractivity contribution in [1.82, 2.24) is 29.1 Å². The van der Waals surface area contributed by atoms with E-state index in [1.807, 2.05) is 62.5 Å². The van der Waals surface area contributed by atoms with Crippen LogP contribution in [0.4, 0.5) is 0 Å². The Bertz CT molecular complexity index is 1930. The first-order valence-corrected chi connectivity index (χ1v) is 15.5. The maximum absolute atomic E-state index is 14.1. The van der Waals surface area contributed by atoms with Gasteiger partial charge >= 0.3 is 5.69 Å². The molecular weight excluding hydrogens is 660 g/mol. The first-order valence-electron chi connectivity index (χ1n) is 14.3. The number of carbonyl (C=O) groups is 2. The van der Waals surface area contributed by atoms with Crippen molar-refractivity contribution in [3.05, 3.63) is 128 Å². The summed E-state index contributed by atoms with van der Waals surface area (Å²) in [6, 6.07) is 20.8. The van der Waals surface area contributed by atoms with E-state index in [1.54, 1.807) is 57.8 Å². The number of ether oxygens (including phenoxy) is 1. The van der Waals surface area contributed by atoms with Gasteiger partial charge in [-0.05, 0) is 96.0 Å². The number of nitrogens with zero attached hydrogens (tertiary/aromatic N) is 5. The molecule has 12 heteroatoms. The molecule has 0 radical (unpaired) electrons. The minimum atomic E-state index is -0.436. The monoisotopic (exact) mass is 688 g/mol. The number of hydrogen-bond donors (Lipinski definition) is 1. The number of fused-ring (bicyclic) bond motifs is 1. The third kappa shape index (κ3) is 5.81. The molecule has 0 saturated heterocycles. The number of amides is 2. The van der Waals surface area contributed by atoms with Gasteiger partial charge in [0, 0.05) is 35.0 Å². The predicted octanol–water partition coefficient (Wildman–Crippen LogP) is 5.78. The lowest BCUT2D eigenvalue weighted by Crippen LogP contribution is -2.47. The lowest BCUT2D eigenvalue weighted by molar-refractivity contribution is 0.0610. The summed E-state index contributed by atoms with van der Waals surface area (Å²) in [5.74, 6) is 0.0240. The molecule has 45 heavy (non-hydrogen) atoms. The van der Waals surface area contributed by atoms with Crippen molar-refractivity contribution in [3.63, 3.8) is 0 Å². The Hall–Kier alpha value is -4.61. The average molecular weight is 690 g/mol. The molecular formula is C33H30BrClN6O4. The zero-order valence-electron chi connectivity index (χ0n) is 24.8. The standard InChI is InChI=1S/C33H30BrClN6O4/c1-20-18-39-29(19-38(20)32(43)23-7-14-27(34)28(35)17-23)30(31(42)37-21(2)22-5-12-26(45-3)13-6-22)41(33(39)44)25-10-8-24(9-11-25)40-16-4-15-36-40/h4-17,20-21H,18-19H2,1-3H3,(H,37,42)/t20-,21?/m1/s1. The van der Waals surface area contributed by atoms with E-state index >= 15 is 0 Å². The highest BCUT2D eigenvalue weighted by atomic mass is 79.9. The Morgan fingerprint density at radius 3 is 2.42 bits per heavy atom. The maximum atomic E-state index is 14.1. The number of methoxy groups -OCH3 is 1. The van der Waals surface area contributed by atoms with Crippen LogP contribution in [-0.2, 0) is 13.1 Å². The smallest absolute Gasteiger partial charge is 0.333 e. The summed E-state index contributed by atoms with van der Waals surface area (Å²) < 4.78 is 10.7. The number of benzene rings is 3. The molecule has 3 aromatic carbocycles. The SMILES string of the molecule is COc1ccc(C(C)NC(=O)c2c3n(c(=O)n2-c2ccc(-n4cccn4)cc2)C[C@@H](C)N(C(=O)c2ccc(Br)c(Cl)c2)C3)cc1. The van der Waals surface area contributed by atoms with Crippen LogP contribution in [0.3, 0.4) is 0 Å². The van der Waals surface area contributed by atoms with Crippen molar-refractivity contribution in [2.24, 2.45) is 0 Å². The molecule has 1 N–H and O–H groups in total. The number of carbonyl (C=O) groups excluding carboxylic acids is 2. The second-order valence-electron chi connectivity index (χ2n) is 10.9. The maximum Gasteiger partial charge on any atom is 0.333 e. The Balaban J connectivity index is 1.41. The zero-order chi connectivity index (χ0) is 31.8. The predicted molar refractivity (Wildman–Crippen MR) is 175 cm³/mol. The highest BCUT2D eigenvalue weighted by molar-refractivity contribution is 9.10. The third-order valence-corrected chi connectivity index (χ3v) is 9.26. The van der Waals surface area contributed by atoms with Gasteiger partial charge in [0.05, 0.1) is 41.8 Å². The van der Waals surface area contributed by atoms with E-state index in [4.69, 9.17) is 16.3 Å². The number of nitrogens with one attached hydrogen (secondary N) is 1. The summed E-state index contributed by atoms with van der Waals surface area (Å²) in [5, 5.41) is 7.75. The van der Waals surface area contributed by atoms with Crippen molar-refractivity contribution < 1.29 is 14.3 Å². The van der Waals surface area contributed by atoms with Crippen LogP contribution in [0.15, 0.2) is 94.5 Å². The minimum Gasteiger partial charge on any atom is -0.497 e. The molecule has 3 heterocycles. The molecule has 2 atom stereocenters. The van der Waals surface area contributed by atoms with E-state index < -0.39 is 5.91 Å². The zero-order valence-corrected chi connectivity index (χ0v) is 27.1. The van der Waals surface area contributed by atoms with Crippen LogP contribution in [0.2, 0.25) is 5.02 Å². The van der Waals surface area contributed by atoms with Gasteiger partial charge in [-0.3, -0.25) is 18.7 Å². The molecule has 2 aromatic heterocycles. The van der Waals surface area contributed by atoms with Crippen molar-refractivity contribution in [1.29, 1.82) is 0 Å². The second kappa shape index (κ2) is 12.4. The van der Waals surface area contributed by atoms with Crippen LogP contribution in [-0.4, -0.2) is 48.8 Å². The molecule has 0 spiro atoms. The van der Waals surface area contributed by atoms with Crippen molar-refractivity contribution in [2.45, 2.75) is 39.0 Å². The summed E-state index contributed by atoms with van der Waals surface area (Å²) in [6.07, 6.45) is 3.51. The van der Waals surface area contributed by atoms with Crippen LogP contribution in [0.5, 0.6) is 5.75 Å². The van der Waals surface area contributed by atoms with Crippen LogP contribution in [0.25, 0.3) is 11.4 Å². The lowest BCUT2D eigenvalue weighted by Gasteiger charge is -2.34. The van der Waals surface area contributed by atoms with Gasteiger partial charge < -0.3 is 15.0 Å². The van der Waals surface area contributed by atoms with Crippen LogP contribution >= 0.6 is 27.5 Å². The summed E-state index contributed by atoms with van der Waals surface area (Å²) in [6.45, 7) is 4.03. The molecule has 1 unspecified atom stereocenters. The van der Waals surface area contributed by atoms with E-state index in [0.29, 0.717) is 32.2 Å². The summed E-state index contributed by atoms with van der Waals surface area (Å²) in [7, 11) is 1.59. The summed E-state index contributed by atoms with van der Waals surface area (Å²) in [5.41, 5.74) is 2.87. The van der Waals surface area contributed by atoms with Gasteiger partial charge in [-0.15, -0.1) is 0 Å². The van der Waals surface area contributed by atoms with E-state index in [1.165, 1.54) is 4.57 Å². The topological polar surface area (TPSA) is 103 Å². The van der Waals surface area contributed by atoms with Gasteiger partial charge in [-0.2, -0.15) is 5.10 Å². The van der Waals surface area contributed by atoms with E-state index in [2.05, 4.69) is 26.3 Å². The summed E-state index contributed by atoms with van der Waals surface area (Å²) >= 11 is 9.67. The molecule has 1 aliphatic heterocycles. The number of rotatable bonds is 7. The molecule has 0 fully saturated rings. The van der Waals surface area contributed by atoms with Gasteiger partial charge in [0.25, 0.3) is 11.8 Å². The Morgan fingerprint density at radius 1 is 1.07 bits per heavy atom. The van der Waals surface area contributed by atoms with Crippen molar-refractivity contribution >= 4 is 39.3 Å². The Morgan fingerprint density at radius 2 is 1.78 bits per heavy atom. The average Bonchev–Trinajstić information content (AvgIpc) is 3.68. The number of aromatic nitrogens is 4. The first-order chi connectivity index (χ1) is 21.7. The molecule has 2 amide bonds. The van der Waals surface area contributed by atoms with E-state index in [-0.39, 0.29) is 42.5 Å². The molecule has 230 valence electrons. The fourth-order valence-corrected chi connectivity index (χ4v) is 6.00. The highest BCUT2D eigenvalue weighted by Gasteiger charge is 2.35. The molecule has 0 saturated carbocycles. The quantitative estimate of drug-likeness (QED) is 0.233. The van der Waals surface area contributed by atoms with Crippen LogP contribution in [0.1, 0.15) is 52.0 Å². The van der Waals surface area contributed by atoms with Gasteiger partial charge in [-0.25, -0.2) is 9.48 Å². The van der Waals surface area contributed by atoms with Gasteiger partial charge in [0.2, 0.25) is 0 Å². The molecule has 0 bridgehead atoms. The van der Waals surface area contributed by atoms with E-state index in [9.17, 15) is 14.4 Å². The number of hydrogen-bond acceptors (Lipinski definition) is 5. The molecule has 6 rings (SSSR count).